The van der Waals surface area contributed by atoms with Crippen molar-refractivity contribution < 1.29 is 18.7 Å². The molecule has 44 heavy (non-hydrogen) atoms. The Labute approximate surface area is 266 Å². The van der Waals surface area contributed by atoms with Gasteiger partial charge in [-0.15, -0.1) is 0 Å². The molecule has 2 aromatic rings. The molecule has 1 aliphatic rings. The van der Waals surface area contributed by atoms with Crippen LogP contribution >= 0.6 is 0 Å². The molecular weight excluding hydrogens is 551 g/mol. The highest BCUT2D eigenvalue weighted by Crippen LogP contribution is 2.39. The van der Waals surface area contributed by atoms with E-state index in [1.54, 1.807) is 26.4 Å². The molecule has 0 aliphatic carbocycles. The van der Waals surface area contributed by atoms with Gasteiger partial charge in [-0.05, 0) is 93.7 Å². The Hall–Kier alpha value is -2.91. The van der Waals surface area contributed by atoms with Crippen molar-refractivity contribution in [3.63, 3.8) is 0 Å². The molecule has 1 unspecified atom stereocenters. The normalized spacial score (nSPS) is 15.4. The van der Waals surface area contributed by atoms with Gasteiger partial charge in [0, 0.05) is 11.5 Å². The second-order valence-electron chi connectivity index (χ2n) is 12.6. The number of nitrogens with zero attached hydrogens (tertiary/aromatic N) is 2. The average molecular weight is 607 g/mol. The lowest BCUT2D eigenvalue weighted by Gasteiger charge is -2.33. The van der Waals surface area contributed by atoms with Gasteiger partial charge < -0.3 is 14.4 Å². The summed E-state index contributed by atoms with van der Waals surface area (Å²) < 4.78 is 24.4. The number of unbranched alkanes of at least 4 members (excludes halogenated alkanes) is 10. The Balaban J connectivity index is 1.52. The molecule has 0 amide bonds. The van der Waals surface area contributed by atoms with Gasteiger partial charge in [-0.3, -0.25) is 4.79 Å². The Morgan fingerprint density at radius 2 is 1.41 bits per heavy atom. The number of ether oxygens (including phenoxy) is 2. The molecular formula is C38H55FN2O3. The van der Waals surface area contributed by atoms with Gasteiger partial charge in [0.05, 0.1) is 25.7 Å². The number of benzene rings is 2. The minimum atomic E-state index is -0.574. The molecule has 2 aromatic carbocycles. The van der Waals surface area contributed by atoms with Crippen LogP contribution in [0.3, 0.4) is 0 Å². The third-order valence-corrected chi connectivity index (χ3v) is 9.52. The number of carbonyl (C=O) groups excluding carboxylic acids is 1. The van der Waals surface area contributed by atoms with Crippen LogP contribution in [0.5, 0.6) is 11.5 Å². The van der Waals surface area contributed by atoms with Gasteiger partial charge in [-0.2, -0.15) is 5.26 Å². The largest absolute Gasteiger partial charge is 0.493 e. The number of Topliss-reactive ketones (excluding diaryl/α,β-unsaturated/α-hetero) is 1. The van der Waals surface area contributed by atoms with E-state index in [0.29, 0.717) is 17.1 Å². The average Bonchev–Trinajstić information content (AvgIpc) is 3.06. The summed E-state index contributed by atoms with van der Waals surface area (Å²) >= 11 is 0. The zero-order chi connectivity index (χ0) is 31.6. The lowest BCUT2D eigenvalue weighted by molar-refractivity contribution is 0.0838. The zero-order valence-corrected chi connectivity index (χ0v) is 27.6. The predicted octanol–water partition coefficient (Wildman–Crippen LogP) is 9.68. The molecule has 1 heterocycles. The van der Waals surface area contributed by atoms with E-state index in [-0.39, 0.29) is 17.5 Å². The van der Waals surface area contributed by atoms with Gasteiger partial charge in [0.25, 0.3) is 0 Å². The second kappa shape index (κ2) is 19.5. The quantitative estimate of drug-likeness (QED) is 0.105. The molecule has 6 heteroatoms. The molecule has 0 spiro atoms. The van der Waals surface area contributed by atoms with Crippen molar-refractivity contribution in [1.82, 2.24) is 4.90 Å². The number of hydrogen-bond donors (Lipinski definition) is 0. The SMILES string of the molecule is CCCCCCCCCCCCCC(C#N)(CCCN1CCC(C(=O)c2ccc(F)cc2)CC1)c1ccc(OC)c(OC)c1. The van der Waals surface area contributed by atoms with Crippen LogP contribution < -0.4 is 9.47 Å². The lowest BCUT2D eigenvalue weighted by atomic mass is 9.74. The topological polar surface area (TPSA) is 62.6 Å². The van der Waals surface area contributed by atoms with Crippen molar-refractivity contribution in [2.45, 2.75) is 115 Å². The van der Waals surface area contributed by atoms with Gasteiger partial charge in [0.15, 0.2) is 17.3 Å². The summed E-state index contributed by atoms with van der Waals surface area (Å²) in [4.78, 5) is 15.3. The Kier molecular flexibility index (Phi) is 15.7. The number of rotatable bonds is 21. The second-order valence-corrected chi connectivity index (χ2v) is 12.6. The van der Waals surface area contributed by atoms with E-state index in [1.807, 2.05) is 18.2 Å². The van der Waals surface area contributed by atoms with E-state index in [4.69, 9.17) is 9.47 Å². The third kappa shape index (κ3) is 10.9. The molecule has 0 saturated carbocycles. The summed E-state index contributed by atoms with van der Waals surface area (Å²) in [7, 11) is 3.28. The van der Waals surface area contributed by atoms with Crippen molar-refractivity contribution in [2.24, 2.45) is 5.92 Å². The first-order valence-electron chi connectivity index (χ1n) is 17.1. The standard InChI is InChI=1S/C38H55FN2O3/c1-4-5-6-7-8-9-10-11-12-13-14-24-38(30-40,33-18-21-35(43-2)36(29-33)44-3)25-15-26-41-27-22-32(23-28-41)37(42)31-16-19-34(39)20-17-31/h16-21,29,32H,4-15,22-28H2,1-3H3. The first kappa shape index (κ1) is 35.6. The fraction of sp³-hybridized carbons (Fsp3) is 0.632. The molecule has 1 atom stereocenters. The van der Waals surface area contributed by atoms with E-state index in [0.717, 1.165) is 70.1 Å². The zero-order valence-electron chi connectivity index (χ0n) is 27.6. The molecule has 5 nitrogen and oxygen atoms in total. The Morgan fingerprint density at radius 1 is 0.841 bits per heavy atom. The summed E-state index contributed by atoms with van der Waals surface area (Å²) in [5, 5.41) is 10.6. The molecule has 0 aromatic heterocycles. The van der Waals surface area contributed by atoms with Crippen LogP contribution in [0.15, 0.2) is 42.5 Å². The summed E-state index contributed by atoms with van der Waals surface area (Å²) in [6, 6.07) is 14.6. The Morgan fingerprint density at radius 3 is 1.98 bits per heavy atom. The maximum absolute atomic E-state index is 13.3. The molecule has 1 saturated heterocycles. The summed E-state index contributed by atoms with van der Waals surface area (Å²) in [5.41, 5.74) is 1.03. The minimum absolute atomic E-state index is 0.0114. The van der Waals surface area contributed by atoms with E-state index in [9.17, 15) is 14.4 Å². The molecule has 0 N–H and O–H groups in total. The molecule has 1 fully saturated rings. The van der Waals surface area contributed by atoms with E-state index < -0.39 is 5.41 Å². The third-order valence-electron chi connectivity index (χ3n) is 9.52. The minimum Gasteiger partial charge on any atom is -0.493 e. The highest BCUT2D eigenvalue weighted by molar-refractivity contribution is 5.97. The molecule has 0 bridgehead atoms. The van der Waals surface area contributed by atoms with Crippen LogP contribution in [-0.2, 0) is 5.41 Å². The molecule has 3 rings (SSSR count). The van der Waals surface area contributed by atoms with E-state index >= 15 is 0 Å². The van der Waals surface area contributed by atoms with Crippen LogP contribution in [0.2, 0.25) is 0 Å². The van der Waals surface area contributed by atoms with Crippen molar-refractivity contribution in [3.05, 3.63) is 59.4 Å². The number of carbonyl (C=O) groups is 1. The van der Waals surface area contributed by atoms with Crippen LogP contribution in [0.4, 0.5) is 4.39 Å². The first-order valence-corrected chi connectivity index (χ1v) is 17.1. The summed E-state index contributed by atoms with van der Waals surface area (Å²) in [6.07, 6.45) is 18.3. The van der Waals surface area contributed by atoms with Crippen LogP contribution in [-0.4, -0.2) is 44.5 Å². The number of ketones is 1. The maximum Gasteiger partial charge on any atom is 0.166 e. The monoisotopic (exact) mass is 606 g/mol. The highest BCUT2D eigenvalue weighted by Gasteiger charge is 2.33. The van der Waals surface area contributed by atoms with Crippen molar-refractivity contribution in [1.29, 1.82) is 5.26 Å². The predicted molar refractivity (Wildman–Crippen MR) is 177 cm³/mol. The van der Waals surface area contributed by atoms with Gasteiger partial charge in [-0.25, -0.2) is 4.39 Å². The molecule has 242 valence electrons. The smallest absolute Gasteiger partial charge is 0.166 e. The maximum atomic E-state index is 13.3. The van der Waals surface area contributed by atoms with Gasteiger partial charge in [-0.1, -0.05) is 83.6 Å². The number of hydrogen-bond acceptors (Lipinski definition) is 5. The van der Waals surface area contributed by atoms with E-state index in [1.165, 1.54) is 69.9 Å². The fourth-order valence-corrected chi connectivity index (χ4v) is 6.69. The number of nitriles is 1. The molecule has 1 aliphatic heterocycles. The highest BCUT2D eigenvalue weighted by atomic mass is 19.1. The van der Waals surface area contributed by atoms with Gasteiger partial charge in [0.2, 0.25) is 0 Å². The van der Waals surface area contributed by atoms with Crippen molar-refractivity contribution in [3.8, 4) is 17.6 Å². The number of piperidine rings is 1. The lowest BCUT2D eigenvalue weighted by Crippen LogP contribution is -2.37. The van der Waals surface area contributed by atoms with Crippen LogP contribution in [0.1, 0.15) is 126 Å². The first-order chi connectivity index (χ1) is 21.5. The number of methoxy groups -OCH3 is 2. The van der Waals surface area contributed by atoms with Crippen LogP contribution in [0, 0.1) is 23.1 Å². The van der Waals surface area contributed by atoms with Crippen molar-refractivity contribution >= 4 is 5.78 Å². The number of halogens is 1. The molecule has 0 radical (unpaired) electrons. The Bertz CT molecular complexity index is 1150. The van der Waals surface area contributed by atoms with Crippen molar-refractivity contribution in [2.75, 3.05) is 33.9 Å². The fourth-order valence-electron chi connectivity index (χ4n) is 6.69. The van der Waals surface area contributed by atoms with E-state index in [2.05, 4.69) is 17.9 Å². The summed E-state index contributed by atoms with van der Waals surface area (Å²) in [5.74, 6) is 1.13. The van der Waals surface area contributed by atoms with Gasteiger partial charge >= 0.3 is 0 Å². The van der Waals surface area contributed by atoms with Gasteiger partial charge in [0.1, 0.15) is 5.82 Å². The number of likely N-dealkylation sites (tertiary alicyclic amines) is 1. The summed E-state index contributed by atoms with van der Waals surface area (Å²) in [6.45, 7) is 4.91. The van der Waals surface area contributed by atoms with Crippen LogP contribution in [0.25, 0.3) is 0 Å².